The Morgan fingerprint density at radius 3 is 2.65 bits per heavy atom. The van der Waals surface area contributed by atoms with Gasteiger partial charge in [-0.25, -0.2) is 0 Å². The van der Waals surface area contributed by atoms with Crippen LogP contribution in [0.25, 0.3) is 0 Å². The van der Waals surface area contributed by atoms with E-state index in [4.69, 9.17) is 0 Å². The summed E-state index contributed by atoms with van der Waals surface area (Å²) in [4.78, 5) is 10.8. The Balaban J connectivity index is 2.01. The van der Waals surface area contributed by atoms with E-state index in [0.717, 1.165) is 30.4 Å². The highest BCUT2D eigenvalue weighted by atomic mass is 16.6. The molecule has 0 spiro atoms. The zero-order valence-electron chi connectivity index (χ0n) is 12.1. The number of aliphatic hydroxyl groups is 1. The van der Waals surface area contributed by atoms with E-state index in [2.05, 4.69) is 5.32 Å². The number of hydrogen-bond acceptors (Lipinski definition) is 4. The SMILES string of the molecule is CC(C)c1ccc(CNCC2(O)CCC2)cc1[N+](=O)[O-]. The van der Waals surface area contributed by atoms with Crippen LogP contribution in [0.15, 0.2) is 18.2 Å². The second kappa shape index (κ2) is 5.89. The van der Waals surface area contributed by atoms with Crippen LogP contribution in [0, 0.1) is 10.1 Å². The number of hydrogen-bond donors (Lipinski definition) is 2. The molecular weight excluding hydrogens is 256 g/mol. The fraction of sp³-hybridized carbons (Fsp3) is 0.600. The van der Waals surface area contributed by atoms with Crippen molar-refractivity contribution in [2.24, 2.45) is 0 Å². The Labute approximate surface area is 119 Å². The second-order valence-corrected chi connectivity index (χ2v) is 5.99. The number of nitro groups is 1. The number of nitrogens with one attached hydrogen (secondary N) is 1. The summed E-state index contributed by atoms with van der Waals surface area (Å²) in [5.74, 6) is 0.132. The van der Waals surface area contributed by atoms with Gasteiger partial charge in [0.25, 0.3) is 5.69 Å². The van der Waals surface area contributed by atoms with E-state index in [-0.39, 0.29) is 16.5 Å². The van der Waals surface area contributed by atoms with E-state index in [9.17, 15) is 15.2 Å². The largest absolute Gasteiger partial charge is 0.389 e. The molecule has 0 aromatic heterocycles. The highest BCUT2D eigenvalue weighted by Gasteiger charge is 2.33. The molecule has 20 heavy (non-hydrogen) atoms. The highest BCUT2D eigenvalue weighted by molar-refractivity contribution is 5.45. The van der Waals surface area contributed by atoms with Gasteiger partial charge >= 0.3 is 0 Å². The van der Waals surface area contributed by atoms with Crippen LogP contribution < -0.4 is 5.32 Å². The molecule has 0 aliphatic heterocycles. The van der Waals surface area contributed by atoms with Crippen LogP contribution in [0.3, 0.4) is 0 Å². The van der Waals surface area contributed by atoms with Gasteiger partial charge in [-0.15, -0.1) is 0 Å². The molecular formula is C15H22N2O3. The Hall–Kier alpha value is -1.46. The van der Waals surface area contributed by atoms with Crippen LogP contribution in [-0.4, -0.2) is 22.2 Å². The van der Waals surface area contributed by atoms with Crippen molar-refractivity contribution in [1.29, 1.82) is 0 Å². The Kier molecular flexibility index (Phi) is 4.40. The Bertz CT molecular complexity index is 496. The maximum absolute atomic E-state index is 11.1. The molecule has 1 saturated carbocycles. The minimum atomic E-state index is -0.566. The first-order valence-corrected chi connectivity index (χ1v) is 7.12. The molecule has 0 bridgehead atoms. The third-order valence-electron chi connectivity index (χ3n) is 3.98. The highest BCUT2D eigenvalue weighted by Crippen LogP contribution is 2.31. The molecule has 2 rings (SSSR count). The van der Waals surface area contributed by atoms with Gasteiger partial charge in [-0.05, 0) is 30.7 Å². The Morgan fingerprint density at radius 1 is 1.45 bits per heavy atom. The molecule has 0 heterocycles. The van der Waals surface area contributed by atoms with Crippen molar-refractivity contribution in [1.82, 2.24) is 5.32 Å². The summed E-state index contributed by atoms with van der Waals surface area (Å²) in [6.07, 6.45) is 2.76. The van der Waals surface area contributed by atoms with Crippen LogP contribution in [0.1, 0.15) is 50.2 Å². The fourth-order valence-corrected chi connectivity index (χ4v) is 2.55. The zero-order chi connectivity index (χ0) is 14.8. The molecule has 110 valence electrons. The van der Waals surface area contributed by atoms with Crippen molar-refractivity contribution in [3.05, 3.63) is 39.4 Å². The predicted molar refractivity (Wildman–Crippen MR) is 77.7 cm³/mol. The van der Waals surface area contributed by atoms with Crippen LogP contribution in [0.4, 0.5) is 5.69 Å². The summed E-state index contributed by atoms with van der Waals surface area (Å²) in [7, 11) is 0. The number of nitro benzene ring substituents is 1. The molecule has 5 nitrogen and oxygen atoms in total. The van der Waals surface area contributed by atoms with E-state index in [1.807, 2.05) is 26.0 Å². The summed E-state index contributed by atoms with van der Waals surface area (Å²) in [6.45, 7) is 4.99. The van der Waals surface area contributed by atoms with Crippen molar-refractivity contribution in [3.63, 3.8) is 0 Å². The third-order valence-corrected chi connectivity index (χ3v) is 3.98. The maximum atomic E-state index is 11.1. The van der Waals surface area contributed by atoms with Gasteiger partial charge in [0.2, 0.25) is 0 Å². The van der Waals surface area contributed by atoms with Gasteiger partial charge in [0, 0.05) is 24.7 Å². The van der Waals surface area contributed by atoms with Gasteiger partial charge in [0.15, 0.2) is 0 Å². The van der Waals surface area contributed by atoms with E-state index >= 15 is 0 Å². The molecule has 0 saturated heterocycles. The minimum absolute atomic E-state index is 0.132. The van der Waals surface area contributed by atoms with E-state index < -0.39 is 5.60 Å². The lowest BCUT2D eigenvalue weighted by atomic mass is 9.80. The first-order valence-electron chi connectivity index (χ1n) is 7.12. The van der Waals surface area contributed by atoms with Crippen molar-refractivity contribution in [2.75, 3.05) is 6.54 Å². The van der Waals surface area contributed by atoms with Gasteiger partial charge in [-0.3, -0.25) is 10.1 Å². The summed E-state index contributed by atoms with van der Waals surface area (Å²) in [5, 5.41) is 24.3. The molecule has 1 aromatic rings. The summed E-state index contributed by atoms with van der Waals surface area (Å²) < 4.78 is 0. The average molecular weight is 278 g/mol. The second-order valence-electron chi connectivity index (χ2n) is 5.99. The molecule has 5 heteroatoms. The van der Waals surface area contributed by atoms with Crippen LogP contribution in [0.2, 0.25) is 0 Å². The summed E-state index contributed by atoms with van der Waals surface area (Å²) in [6, 6.07) is 5.38. The van der Waals surface area contributed by atoms with Gasteiger partial charge in [-0.2, -0.15) is 0 Å². The van der Waals surface area contributed by atoms with Crippen molar-refractivity contribution < 1.29 is 10.0 Å². The molecule has 2 N–H and O–H groups in total. The standard InChI is InChI=1S/C15H22N2O3/c1-11(2)13-5-4-12(8-14(13)17(19)20)9-16-10-15(18)6-3-7-15/h4-5,8,11,16,18H,3,6-7,9-10H2,1-2H3. The molecule has 1 aliphatic rings. The fourth-order valence-electron chi connectivity index (χ4n) is 2.55. The molecule has 0 radical (unpaired) electrons. The average Bonchev–Trinajstić information content (AvgIpc) is 2.36. The van der Waals surface area contributed by atoms with E-state index in [1.54, 1.807) is 6.07 Å². The molecule has 0 atom stereocenters. The maximum Gasteiger partial charge on any atom is 0.273 e. The predicted octanol–water partition coefficient (Wildman–Crippen LogP) is 2.72. The van der Waals surface area contributed by atoms with Gasteiger partial charge in [0.1, 0.15) is 0 Å². The lowest BCUT2D eigenvalue weighted by Gasteiger charge is -2.36. The molecule has 0 amide bonds. The van der Waals surface area contributed by atoms with Crippen molar-refractivity contribution in [2.45, 2.75) is 51.2 Å². The monoisotopic (exact) mass is 278 g/mol. The first kappa shape index (κ1) is 14.9. The van der Waals surface area contributed by atoms with Gasteiger partial charge in [0.05, 0.1) is 10.5 Å². The van der Waals surface area contributed by atoms with Crippen LogP contribution >= 0.6 is 0 Å². The quantitative estimate of drug-likeness (QED) is 0.619. The van der Waals surface area contributed by atoms with Crippen molar-refractivity contribution >= 4 is 5.69 Å². The van der Waals surface area contributed by atoms with Crippen LogP contribution in [-0.2, 0) is 6.54 Å². The van der Waals surface area contributed by atoms with Gasteiger partial charge < -0.3 is 10.4 Å². The van der Waals surface area contributed by atoms with Crippen molar-refractivity contribution in [3.8, 4) is 0 Å². The smallest absolute Gasteiger partial charge is 0.273 e. The third kappa shape index (κ3) is 3.35. The Morgan fingerprint density at radius 2 is 2.15 bits per heavy atom. The lowest BCUT2D eigenvalue weighted by Crippen LogP contribution is -2.45. The number of nitrogens with zero attached hydrogens (tertiary/aromatic N) is 1. The van der Waals surface area contributed by atoms with Gasteiger partial charge in [-0.1, -0.05) is 26.0 Å². The summed E-state index contributed by atoms with van der Waals surface area (Å²) in [5.41, 5.74) is 1.26. The topological polar surface area (TPSA) is 75.4 Å². The number of benzene rings is 1. The molecule has 1 aromatic carbocycles. The first-order chi connectivity index (χ1) is 9.41. The molecule has 1 fully saturated rings. The number of rotatable bonds is 6. The van der Waals surface area contributed by atoms with E-state index in [1.165, 1.54) is 0 Å². The lowest BCUT2D eigenvalue weighted by molar-refractivity contribution is -0.385. The summed E-state index contributed by atoms with van der Waals surface area (Å²) >= 11 is 0. The molecule has 0 unspecified atom stereocenters. The zero-order valence-corrected chi connectivity index (χ0v) is 12.1. The van der Waals surface area contributed by atoms with E-state index in [0.29, 0.717) is 13.1 Å². The minimum Gasteiger partial charge on any atom is -0.389 e. The van der Waals surface area contributed by atoms with Crippen LogP contribution in [0.5, 0.6) is 0 Å². The normalized spacial score (nSPS) is 17.0. The molecule has 1 aliphatic carbocycles.